The summed E-state index contributed by atoms with van der Waals surface area (Å²) in [7, 11) is 1.60. The van der Waals surface area contributed by atoms with E-state index in [4.69, 9.17) is 13.9 Å². The predicted molar refractivity (Wildman–Crippen MR) is 91.3 cm³/mol. The number of hydrogen-bond acceptors (Lipinski definition) is 4. The molecule has 0 aliphatic carbocycles. The lowest BCUT2D eigenvalue weighted by Crippen LogP contribution is -1.96. The Bertz CT molecular complexity index is 811. The monoisotopic (exact) mass is 374 g/mol. The van der Waals surface area contributed by atoms with E-state index in [9.17, 15) is 4.79 Å². The second-order valence-corrected chi connectivity index (χ2v) is 5.99. The van der Waals surface area contributed by atoms with Crippen LogP contribution in [0.5, 0.6) is 11.5 Å². The molecular weight excluding hydrogens is 360 g/mol. The van der Waals surface area contributed by atoms with Gasteiger partial charge in [0.25, 0.3) is 0 Å². The normalized spacial score (nSPS) is 12.1. The van der Waals surface area contributed by atoms with Crippen molar-refractivity contribution in [2.24, 2.45) is 0 Å². The van der Waals surface area contributed by atoms with Crippen molar-refractivity contribution in [3.05, 3.63) is 59.9 Å². The van der Waals surface area contributed by atoms with Gasteiger partial charge in [0.15, 0.2) is 11.3 Å². The number of aldehydes is 1. The second-order valence-electron chi connectivity index (χ2n) is 5.00. The highest BCUT2D eigenvalue weighted by atomic mass is 79.9. The SMILES string of the molecule is COc1cc(OCc2ccccc2)c2oc(C(Br)C=O)cc2c1. The van der Waals surface area contributed by atoms with Gasteiger partial charge in [-0.2, -0.15) is 0 Å². The zero-order valence-corrected chi connectivity index (χ0v) is 14.1. The maximum absolute atomic E-state index is 10.9. The van der Waals surface area contributed by atoms with Gasteiger partial charge in [0.1, 0.15) is 29.2 Å². The zero-order chi connectivity index (χ0) is 16.2. The van der Waals surface area contributed by atoms with E-state index < -0.39 is 4.83 Å². The number of hydrogen-bond donors (Lipinski definition) is 0. The van der Waals surface area contributed by atoms with Crippen molar-refractivity contribution in [1.82, 2.24) is 0 Å². The summed E-state index contributed by atoms with van der Waals surface area (Å²) in [6.07, 6.45) is 0.777. The Morgan fingerprint density at radius 3 is 2.70 bits per heavy atom. The summed E-state index contributed by atoms with van der Waals surface area (Å²) < 4.78 is 17.0. The standard InChI is InChI=1S/C18H15BrO4/c1-21-14-7-13-8-16(15(19)10-20)23-18(13)17(9-14)22-11-12-5-3-2-4-6-12/h2-10,15H,11H2,1H3. The molecule has 0 aliphatic heterocycles. The average molecular weight is 375 g/mol. The number of furan rings is 1. The number of carbonyl (C=O) groups excluding carboxylic acids is 1. The number of methoxy groups -OCH3 is 1. The molecule has 0 fully saturated rings. The highest BCUT2D eigenvalue weighted by molar-refractivity contribution is 9.09. The summed E-state index contributed by atoms with van der Waals surface area (Å²) >= 11 is 3.26. The van der Waals surface area contributed by atoms with E-state index in [1.165, 1.54) is 0 Å². The molecule has 0 amide bonds. The van der Waals surface area contributed by atoms with Crippen LogP contribution in [0.25, 0.3) is 11.0 Å². The van der Waals surface area contributed by atoms with Gasteiger partial charge in [-0.15, -0.1) is 0 Å². The molecule has 1 unspecified atom stereocenters. The molecule has 0 N–H and O–H groups in total. The molecule has 3 rings (SSSR count). The number of ether oxygens (including phenoxy) is 2. The fourth-order valence-corrected chi connectivity index (χ4v) is 2.50. The van der Waals surface area contributed by atoms with Gasteiger partial charge < -0.3 is 18.7 Å². The number of carbonyl (C=O) groups is 1. The van der Waals surface area contributed by atoms with Gasteiger partial charge in [-0.05, 0) is 17.7 Å². The molecule has 2 aromatic carbocycles. The second kappa shape index (κ2) is 6.87. The maximum Gasteiger partial charge on any atom is 0.176 e. The van der Waals surface area contributed by atoms with Crippen LogP contribution in [-0.4, -0.2) is 13.4 Å². The Morgan fingerprint density at radius 2 is 2.00 bits per heavy atom. The quantitative estimate of drug-likeness (QED) is 0.465. The Hall–Kier alpha value is -2.27. The van der Waals surface area contributed by atoms with Crippen LogP contribution in [0.15, 0.2) is 52.9 Å². The lowest BCUT2D eigenvalue weighted by atomic mass is 10.2. The molecule has 0 aliphatic rings. The van der Waals surface area contributed by atoms with Crippen LogP contribution in [0.3, 0.4) is 0 Å². The van der Waals surface area contributed by atoms with Crippen molar-refractivity contribution in [3.63, 3.8) is 0 Å². The first-order chi connectivity index (χ1) is 11.2. The number of fused-ring (bicyclic) bond motifs is 1. The van der Waals surface area contributed by atoms with Gasteiger partial charge >= 0.3 is 0 Å². The number of alkyl halides is 1. The molecule has 3 aromatic rings. The third kappa shape index (κ3) is 3.40. The van der Waals surface area contributed by atoms with Crippen molar-refractivity contribution in [1.29, 1.82) is 0 Å². The summed E-state index contributed by atoms with van der Waals surface area (Å²) in [6, 6.07) is 15.3. The highest BCUT2D eigenvalue weighted by Crippen LogP contribution is 2.36. The first-order valence-electron chi connectivity index (χ1n) is 7.09. The van der Waals surface area contributed by atoms with Crippen molar-refractivity contribution in [2.45, 2.75) is 11.4 Å². The molecule has 0 bridgehead atoms. The van der Waals surface area contributed by atoms with Gasteiger partial charge in [0, 0.05) is 11.5 Å². The van der Waals surface area contributed by atoms with Gasteiger partial charge in [0.2, 0.25) is 0 Å². The molecule has 23 heavy (non-hydrogen) atoms. The first kappa shape index (κ1) is 15.6. The van der Waals surface area contributed by atoms with Gasteiger partial charge in [-0.25, -0.2) is 0 Å². The smallest absolute Gasteiger partial charge is 0.176 e. The van der Waals surface area contributed by atoms with Crippen LogP contribution in [-0.2, 0) is 11.4 Å². The molecule has 4 nitrogen and oxygen atoms in total. The maximum atomic E-state index is 10.9. The minimum Gasteiger partial charge on any atom is -0.497 e. The van der Waals surface area contributed by atoms with Gasteiger partial charge in [-0.1, -0.05) is 46.3 Å². The largest absolute Gasteiger partial charge is 0.497 e. The topological polar surface area (TPSA) is 48.7 Å². The van der Waals surface area contributed by atoms with Crippen LogP contribution in [0.1, 0.15) is 16.2 Å². The summed E-state index contributed by atoms with van der Waals surface area (Å²) in [4.78, 5) is 10.5. The highest BCUT2D eigenvalue weighted by Gasteiger charge is 2.16. The molecule has 0 saturated carbocycles. The molecular formula is C18H15BrO4. The molecule has 5 heteroatoms. The Labute approximate surface area is 142 Å². The first-order valence-corrected chi connectivity index (χ1v) is 8.00. The minimum absolute atomic E-state index is 0.421. The van der Waals surface area contributed by atoms with Crippen LogP contribution >= 0.6 is 15.9 Å². The van der Waals surface area contributed by atoms with Crippen molar-refractivity contribution in [2.75, 3.05) is 7.11 Å². The van der Waals surface area contributed by atoms with Crippen molar-refractivity contribution < 1.29 is 18.7 Å². The number of halogens is 1. The van der Waals surface area contributed by atoms with E-state index in [1.54, 1.807) is 19.2 Å². The van der Waals surface area contributed by atoms with Crippen LogP contribution < -0.4 is 9.47 Å². The lowest BCUT2D eigenvalue weighted by molar-refractivity contribution is -0.107. The molecule has 0 saturated heterocycles. The van der Waals surface area contributed by atoms with Crippen LogP contribution in [0.4, 0.5) is 0 Å². The third-order valence-electron chi connectivity index (χ3n) is 3.44. The van der Waals surface area contributed by atoms with Gasteiger partial charge in [-0.3, -0.25) is 0 Å². The van der Waals surface area contributed by atoms with Crippen molar-refractivity contribution in [3.8, 4) is 11.5 Å². The lowest BCUT2D eigenvalue weighted by Gasteiger charge is -2.09. The summed E-state index contributed by atoms with van der Waals surface area (Å²) in [5.41, 5.74) is 1.66. The van der Waals surface area contributed by atoms with Crippen LogP contribution in [0, 0.1) is 0 Å². The van der Waals surface area contributed by atoms with Crippen molar-refractivity contribution >= 4 is 33.2 Å². The molecule has 1 atom stereocenters. The Kier molecular flexibility index (Phi) is 4.67. The van der Waals surface area contributed by atoms with E-state index in [1.807, 2.05) is 36.4 Å². The molecule has 0 radical (unpaired) electrons. The third-order valence-corrected chi connectivity index (χ3v) is 4.11. The molecule has 118 valence electrons. The summed E-state index contributed by atoms with van der Waals surface area (Å²) in [5.74, 6) is 1.79. The van der Waals surface area contributed by atoms with E-state index in [0.717, 1.165) is 17.2 Å². The molecule has 1 heterocycles. The summed E-state index contributed by atoms with van der Waals surface area (Å²) in [6.45, 7) is 0.421. The minimum atomic E-state index is -0.483. The van der Waals surface area contributed by atoms with Crippen LogP contribution in [0.2, 0.25) is 0 Å². The fraction of sp³-hybridized carbons (Fsp3) is 0.167. The number of rotatable bonds is 6. The van der Waals surface area contributed by atoms with Gasteiger partial charge in [0.05, 0.1) is 7.11 Å². The van der Waals surface area contributed by atoms with E-state index in [-0.39, 0.29) is 0 Å². The zero-order valence-electron chi connectivity index (χ0n) is 12.5. The van der Waals surface area contributed by atoms with E-state index in [0.29, 0.717) is 29.4 Å². The average Bonchev–Trinajstić information content (AvgIpc) is 3.03. The van der Waals surface area contributed by atoms with E-state index >= 15 is 0 Å². The molecule has 0 spiro atoms. The number of benzene rings is 2. The predicted octanol–water partition coefficient (Wildman–Crippen LogP) is 4.66. The Morgan fingerprint density at radius 1 is 1.22 bits per heavy atom. The summed E-state index contributed by atoms with van der Waals surface area (Å²) in [5, 5.41) is 0.828. The fourth-order valence-electron chi connectivity index (χ4n) is 2.28. The Balaban J connectivity index is 1.96. The molecule has 1 aromatic heterocycles. The van der Waals surface area contributed by atoms with E-state index in [2.05, 4.69) is 15.9 Å².